The van der Waals surface area contributed by atoms with Crippen molar-refractivity contribution in [3.05, 3.63) is 198 Å². The van der Waals surface area contributed by atoms with Gasteiger partial charge in [0.2, 0.25) is 0 Å². The minimum atomic E-state index is 0.417. The Morgan fingerprint density at radius 3 is 2.34 bits per heavy atom. The van der Waals surface area contributed by atoms with Crippen molar-refractivity contribution in [2.75, 3.05) is 4.90 Å². The SMILES string of the molecule is C\C=C/C=C\C=C\N(c1ccccc1)c1cccc2c1c1ccccc1n2-c1ccc(C2=c3ccccc3=CC3CC=CC=C23)cc1. The van der Waals surface area contributed by atoms with Crippen LogP contribution in [0.4, 0.5) is 11.4 Å². The molecule has 8 rings (SSSR count). The molecule has 2 aliphatic carbocycles. The number of fused-ring (bicyclic) bond motifs is 5. The summed E-state index contributed by atoms with van der Waals surface area (Å²) in [6.45, 7) is 2.03. The lowest BCUT2D eigenvalue weighted by atomic mass is 9.79. The lowest BCUT2D eigenvalue weighted by Crippen LogP contribution is -2.33. The number of allylic oxidation sites excluding steroid dienone is 9. The van der Waals surface area contributed by atoms with Crippen molar-refractivity contribution in [2.45, 2.75) is 13.3 Å². The maximum absolute atomic E-state index is 2.44. The van der Waals surface area contributed by atoms with Gasteiger partial charge in [-0.3, -0.25) is 0 Å². The van der Waals surface area contributed by atoms with Crippen LogP contribution in [0, 0.1) is 5.92 Å². The van der Waals surface area contributed by atoms with Gasteiger partial charge in [0.15, 0.2) is 0 Å². The highest BCUT2D eigenvalue weighted by Crippen LogP contribution is 2.41. The minimum absolute atomic E-state index is 0.417. The van der Waals surface area contributed by atoms with Crippen LogP contribution >= 0.6 is 0 Å². The van der Waals surface area contributed by atoms with E-state index in [1.165, 1.54) is 49.0 Å². The van der Waals surface area contributed by atoms with Gasteiger partial charge in [-0.1, -0.05) is 127 Å². The summed E-state index contributed by atoms with van der Waals surface area (Å²) < 4.78 is 2.41. The monoisotopic (exact) mass is 604 g/mol. The quantitative estimate of drug-likeness (QED) is 0.165. The van der Waals surface area contributed by atoms with Crippen molar-refractivity contribution in [1.29, 1.82) is 0 Å². The molecule has 5 aromatic carbocycles. The molecule has 0 aliphatic heterocycles. The van der Waals surface area contributed by atoms with E-state index in [4.69, 9.17) is 0 Å². The van der Waals surface area contributed by atoms with Gasteiger partial charge in [-0.2, -0.15) is 0 Å². The third kappa shape index (κ3) is 5.18. The second kappa shape index (κ2) is 12.5. The molecule has 1 aromatic heterocycles. The molecule has 1 heterocycles. The Bertz CT molecular complexity index is 2380. The van der Waals surface area contributed by atoms with E-state index in [-0.39, 0.29) is 0 Å². The minimum Gasteiger partial charge on any atom is -0.316 e. The molecule has 226 valence electrons. The molecule has 0 saturated heterocycles. The Balaban J connectivity index is 1.29. The summed E-state index contributed by atoms with van der Waals surface area (Å²) >= 11 is 0. The topological polar surface area (TPSA) is 8.17 Å². The van der Waals surface area contributed by atoms with Gasteiger partial charge in [-0.25, -0.2) is 0 Å². The number of benzene rings is 5. The fraction of sp³-hybridized carbons (Fsp3) is 0.0667. The number of anilines is 2. The summed E-state index contributed by atoms with van der Waals surface area (Å²) in [6.07, 6.45) is 22.8. The maximum atomic E-state index is 2.44. The number of nitrogens with zero attached hydrogens (tertiary/aromatic N) is 2. The zero-order valence-electron chi connectivity index (χ0n) is 26.5. The molecule has 0 N–H and O–H groups in total. The molecule has 47 heavy (non-hydrogen) atoms. The van der Waals surface area contributed by atoms with E-state index >= 15 is 0 Å². The highest BCUT2D eigenvalue weighted by atomic mass is 15.1. The normalized spacial score (nSPS) is 15.8. The molecular weight excluding hydrogens is 569 g/mol. The third-order valence-electron chi connectivity index (χ3n) is 9.25. The summed E-state index contributed by atoms with van der Waals surface area (Å²) in [4.78, 5) is 2.29. The van der Waals surface area contributed by atoms with Crippen LogP contribution in [0.5, 0.6) is 0 Å². The number of hydrogen-bond donors (Lipinski definition) is 0. The predicted molar refractivity (Wildman–Crippen MR) is 200 cm³/mol. The molecule has 0 fully saturated rings. The number of rotatable bonds is 7. The summed E-state index contributed by atoms with van der Waals surface area (Å²) in [5.74, 6) is 0.417. The Hall–Kier alpha value is -5.86. The Labute approximate surface area is 276 Å². The van der Waals surface area contributed by atoms with Gasteiger partial charge in [0.25, 0.3) is 0 Å². The predicted octanol–water partition coefficient (Wildman–Crippen LogP) is 10.1. The van der Waals surface area contributed by atoms with E-state index in [9.17, 15) is 0 Å². The molecule has 6 aromatic rings. The summed E-state index contributed by atoms with van der Waals surface area (Å²) in [6, 6.07) is 44.0. The van der Waals surface area contributed by atoms with Crippen LogP contribution < -0.4 is 15.3 Å². The molecule has 2 nitrogen and oxygen atoms in total. The van der Waals surface area contributed by atoms with Crippen LogP contribution in [0.25, 0.3) is 39.1 Å². The lowest BCUT2D eigenvalue weighted by Gasteiger charge is -2.25. The van der Waals surface area contributed by atoms with Crippen molar-refractivity contribution < 1.29 is 0 Å². The zero-order valence-corrected chi connectivity index (χ0v) is 26.5. The summed E-state index contributed by atoms with van der Waals surface area (Å²) in [5, 5.41) is 5.10. The first-order valence-electron chi connectivity index (χ1n) is 16.4. The Morgan fingerprint density at radius 2 is 1.47 bits per heavy atom. The molecule has 0 radical (unpaired) electrons. The van der Waals surface area contributed by atoms with E-state index in [2.05, 4.69) is 180 Å². The highest BCUT2D eigenvalue weighted by molar-refractivity contribution is 6.16. The average molecular weight is 605 g/mol. The second-order valence-electron chi connectivity index (χ2n) is 12.0. The van der Waals surface area contributed by atoms with E-state index in [1.54, 1.807) is 0 Å². The molecule has 0 amide bonds. The third-order valence-corrected chi connectivity index (χ3v) is 9.25. The van der Waals surface area contributed by atoms with Gasteiger partial charge in [-0.05, 0) is 89.0 Å². The second-order valence-corrected chi connectivity index (χ2v) is 12.0. The molecular formula is C45H36N2. The number of aromatic nitrogens is 1. The fourth-order valence-electron chi connectivity index (χ4n) is 7.16. The first kappa shape index (κ1) is 28.6. The van der Waals surface area contributed by atoms with E-state index in [0.717, 1.165) is 23.5 Å². The van der Waals surface area contributed by atoms with Crippen molar-refractivity contribution >= 4 is 44.8 Å². The first-order valence-corrected chi connectivity index (χ1v) is 16.4. The molecule has 1 atom stereocenters. The number of para-hydroxylation sites is 2. The van der Waals surface area contributed by atoms with Crippen LogP contribution in [-0.2, 0) is 0 Å². The first-order chi connectivity index (χ1) is 23.3. The maximum Gasteiger partial charge on any atom is 0.0562 e. The molecule has 2 aliphatic rings. The van der Waals surface area contributed by atoms with E-state index in [1.807, 2.05) is 19.1 Å². The van der Waals surface area contributed by atoms with Crippen LogP contribution in [0.2, 0.25) is 0 Å². The van der Waals surface area contributed by atoms with Crippen LogP contribution in [0.15, 0.2) is 182 Å². The summed E-state index contributed by atoms with van der Waals surface area (Å²) in [7, 11) is 0. The van der Waals surface area contributed by atoms with Crippen LogP contribution in [0.1, 0.15) is 18.9 Å². The van der Waals surface area contributed by atoms with Gasteiger partial charge in [0, 0.05) is 34.3 Å². The van der Waals surface area contributed by atoms with Gasteiger partial charge in [0.1, 0.15) is 0 Å². The largest absolute Gasteiger partial charge is 0.316 e. The standard InChI is InChI=1S/C45H36N2/c1-2-3-4-5-15-31-46(36-19-7-6-8-20-36)42-25-16-26-43-45(42)40-23-13-14-24-41(40)47(43)37-29-27-33(28-30-37)44-38-21-11-9-17-34(38)32-35-18-10-12-22-39(35)44/h2-17,19-32,35H,18H2,1H3/b3-2-,5-4-,31-15+. The van der Waals surface area contributed by atoms with Crippen molar-refractivity contribution in [3.63, 3.8) is 0 Å². The van der Waals surface area contributed by atoms with Gasteiger partial charge < -0.3 is 9.47 Å². The fourth-order valence-corrected chi connectivity index (χ4v) is 7.16. The molecule has 1 unspecified atom stereocenters. The van der Waals surface area contributed by atoms with Crippen LogP contribution in [0.3, 0.4) is 0 Å². The van der Waals surface area contributed by atoms with Crippen molar-refractivity contribution in [1.82, 2.24) is 4.57 Å². The summed E-state index contributed by atoms with van der Waals surface area (Å²) in [5.41, 5.74) is 9.80. The molecule has 0 spiro atoms. The highest BCUT2D eigenvalue weighted by Gasteiger charge is 2.23. The smallest absolute Gasteiger partial charge is 0.0562 e. The van der Waals surface area contributed by atoms with Crippen LogP contribution in [-0.4, -0.2) is 4.57 Å². The van der Waals surface area contributed by atoms with Crippen molar-refractivity contribution in [2.24, 2.45) is 5.92 Å². The van der Waals surface area contributed by atoms with Gasteiger partial charge >= 0.3 is 0 Å². The lowest BCUT2D eigenvalue weighted by molar-refractivity contribution is 0.823. The Kier molecular flexibility index (Phi) is 7.61. The zero-order chi connectivity index (χ0) is 31.6. The Morgan fingerprint density at radius 1 is 0.702 bits per heavy atom. The van der Waals surface area contributed by atoms with Gasteiger partial charge in [0.05, 0.1) is 16.7 Å². The van der Waals surface area contributed by atoms with Crippen molar-refractivity contribution in [3.8, 4) is 5.69 Å². The average Bonchev–Trinajstić information content (AvgIpc) is 3.47. The molecule has 0 saturated carbocycles. The van der Waals surface area contributed by atoms with E-state index < -0.39 is 0 Å². The molecule has 2 heteroatoms. The van der Waals surface area contributed by atoms with E-state index in [0.29, 0.717) is 5.92 Å². The number of hydrogen-bond acceptors (Lipinski definition) is 1. The van der Waals surface area contributed by atoms with Gasteiger partial charge in [-0.15, -0.1) is 0 Å². The molecule has 0 bridgehead atoms.